The van der Waals surface area contributed by atoms with Gasteiger partial charge in [0.15, 0.2) is 11.7 Å². The number of benzene rings is 2. The maximum atomic E-state index is 14.1. The van der Waals surface area contributed by atoms with Crippen LogP contribution in [-0.4, -0.2) is 60.1 Å². The lowest BCUT2D eigenvalue weighted by molar-refractivity contribution is -0.173. The summed E-state index contributed by atoms with van der Waals surface area (Å²) < 4.78 is 48.2. The summed E-state index contributed by atoms with van der Waals surface area (Å²) in [5, 5.41) is 7.06. The zero-order chi connectivity index (χ0) is 25.4. The van der Waals surface area contributed by atoms with Crippen LogP contribution in [0.15, 0.2) is 54.6 Å². The minimum absolute atomic E-state index is 0.00247. The summed E-state index contributed by atoms with van der Waals surface area (Å²) >= 11 is 6.51. The van der Waals surface area contributed by atoms with Crippen molar-refractivity contribution in [3.8, 4) is 5.75 Å². The topological polar surface area (TPSA) is 62.6 Å². The third-order valence-electron chi connectivity index (χ3n) is 6.70. The molecule has 36 heavy (non-hydrogen) atoms. The van der Waals surface area contributed by atoms with Gasteiger partial charge in [-0.05, 0) is 29.8 Å². The number of halogens is 4. The average Bonchev–Trinajstić information content (AvgIpc) is 3.24. The fourth-order valence-corrected chi connectivity index (χ4v) is 5.00. The molecule has 3 aromatic rings. The number of para-hydroxylation sites is 1. The van der Waals surface area contributed by atoms with Crippen molar-refractivity contribution in [3.05, 3.63) is 70.9 Å². The van der Waals surface area contributed by atoms with Crippen molar-refractivity contribution in [3.63, 3.8) is 0 Å². The number of aromatic nitrogens is 2. The van der Waals surface area contributed by atoms with Gasteiger partial charge in [-0.25, -0.2) is 4.68 Å². The SMILES string of the molecule is COc1ccc([C@@H]2C[C@H](C(F)(F)F)n3nc(C(=O)N4CCN(c5ccccc5)CC4)c(Cl)c3N2)cc1. The lowest BCUT2D eigenvalue weighted by atomic mass is 9.97. The largest absolute Gasteiger partial charge is 0.497 e. The minimum Gasteiger partial charge on any atom is -0.497 e. The van der Waals surface area contributed by atoms with Crippen molar-refractivity contribution in [2.24, 2.45) is 0 Å². The smallest absolute Gasteiger partial charge is 0.410 e. The molecular formula is C25H25ClF3N5O2. The molecule has 2 aliphatic heterocycles. The van der Waals surface area contributed by atoms with E-state index < -0.39 is 24.2 Å². The van der Waals surface area contributed by atoms with Gasteiger partial charge in [-0.3, -0.25) is 4.79 Å². The molecule has 2 atom stereocenters. The van der Waals surface area contributed by atoms with Crippen LogP contribution in [0.5, 0.6) is 5.75 Å². The zero-order valence-electron chi connectivity index (χ0n) is 19.5. The van der Waals surface area contributed by atoms with Crippen LogP contribution in [0.4, 0.5) is 24.7 Å². The molecule has 0 bridgehead atoms. The molecule has 0 unspecified atom stereocenters. The summed E-state index contributed by atoms with van der Waals surface area (Å²) in [6.07, 6.45) is -4.86. The highest BCUT2D eigenvalue weighted by molar-refractivity contribution is 6.36. The highest BCUT2D eigenvalue weighted by atomic mass is 35.5. The Morgan fingerprint density at radius 1 is 1.06 bits per heavy atom. The molecule has 2 aliphatic rings. The molecule has 11 heteroatoms. The number of hydrogen-bond acceptors (Lipinski definition) is 5. The molecule has 1 fully saturated rings. The van der Waals surface area contributed by atoms with Gasteiger partial charge >= 0.3 is 6.18 Å². The van der Waals surface area contributed by atoms with Crippen molar-refractivity contribution in [2.75, 3.05) is 43.5 Å². The normalized spacial score (nSPS) is 20.0. The number of amides is 1. The van der Waals surface area contributed by atoms with E-state index in [2.05, 4.69) is 15.3 Å². The van der Waals surface area contributed by atoms with E-state index in [0.29, 0.717) is 37.5 Å². The predicted octanol–water partition coefficient (Wildman–Crippen LogP) is 5.17. The lowest BCUT2D eigenvalue weighted by Crippen LogP contribution is -2.49. The van der Waals surface area contributed by atoms with Gasteiger partial charge in [0.25, 0.3) is 5.91 Å². The van der Waals surface area contributed by atoms with E-state index >= 15 is 0 Å². The second-order valence-electron chi connectivity index (χ2n) is 8.83. The highest BCUT2D eigenvalue weighted by Crippen LogP contribution is 2.46. The molecule has 2 aromatic carbocycles. The van der Waals surface area contributed by atoms with Gasteiger partial charge in [-0.2, -0.15) is 18.3 Å². The molecule has 1 saturated heterocycles. The van der Waals surface area contributed by atoms with Crippen molar-refractivity contribution < 1.29 is 22.7 Å². The number of alkyl halides is 3. The van der Waals surface area contributed by atoms with Gasteiger partial charge in [0, 0.05) is 38.3 Å². The summed E-state index contributed by atoms with van der Waals surface area (Å²) in [4.78, 5) is 17.0. The molecule has 3 heterocycles. The number of nitrogens with one attached hydrogen (secondary N) is 1. The van der Waals surface area contributed by atoms with Crippen LogP contribution in [-0.2, 0) is 0 Å². The Bertz CT molecular complexity index is 1220. The van der Waals surface area contributed by atoms with E-state index in [-0.39, 0.29) is 23.0 Å². The first-order chi connectivity index (χ1) is 17.3. The van der Waals surface area contributed by atoms with Crippen LogP contribution in [0.3, 0.4) is 0 Å². The molecule has 1 N–H and O–H groups in total. The number of piperazine rings is 1. The molecule has 1 amide bonds. The Balaban J connectivity index is 1.39. The molecule has 190 valence electrons. The first kappa shape index (κ1) is 24.3. The van der Waals surface area contributed by atoms with E-state index in [1.54, 1.807) is 29.2 Å². The second kappa shape index (κ2) is 9.57. The maximum absolute atomic E-state index is 14.1. The lowest BCUT2D eigenvalue weighted by Gasteiger charge is -2.35. The van der Waals surface area contributed by atoms with Gasteiger partial charge in [-0.15, -0.1) is 0 Å². The van der Waals surface area contributed by atoms with E-state index in [1.807, 2.05) is 30.3 Å². The first-order valence-corrected chi connectivity index (χ1v) is 12.0. The third-order valence-corrected chi connectivity index (χ3v) is 7.06. The quantitative estimate of drug-likeness (QED) is 0.515. The third kappa shape index (κ3) is 4.57. The number of anilines is 2. The van der Waals surface area contributed by atoms with Crippen LogP contribution in [0.25, 0.3) is 0 Å². The van der Waals surface area contributed by atoms with Crippen molar-refractivity contribution >= 4 is 29.0 Å². The van der Waals surface area contributed by atoms with Gasteiger partial charge in [0.1, 0.15) is 16.6 Å². The van der Waals surface area contributed by atoms with E-state index in [0.717, 1.165) is 10.4 Å². The Morgan fingerprint density at radius 2 is 1.72 bits per heavy atom. The molecule has 1 aromatic heterocycles. The van der Waals surface area contributed by atoms with Gasteiger partial charge in [-0.1, -0.05) is 41.9 Å². The number of rotatable bonds is 4. The number of methoxy groups -OCH3 is 1. The van der Waals surface area contributed by atoms with Gasteiger partial charge in [0.2, 0.25) is 0 Å². The van der Waals surface area contributed by atoms with Crippen molar-refractivity contribution in [1.82, 2.24) is 14.7 Å². The Hall–Kier alpha value is -3.40. The number of carbonyl (C=O) groups is 1. The fourth-order valence-electron chi connectivity index (χ4n) is 4.74. The molecule has 7 nitrogen and oxygen atoms in total. The van der Waals surface area contributed by atoms with Crippen LogP contribution < -0.4 is 15.0 Å². The molecule has 0 saturated carbocycles. The van der Waals surface area contributed by atoms with E-state index in [9.17, 15) is 18.0 Å². The van der Waals surface area contributed by atoms with Crippen molar-refractivity contribution in [2.45, 2.75) is 24.7 Å². The molecule has 0 spiro atoms. The van der Waals surface area contributed by atoms with Crippen LogP contribution in [0.2, 0.25) is 5.02 Å². The van der Waals surface area contributed by atoms with Crippen LogP contribution in [0, 0.1) is 0 Å². The van der Waals surface area contributed by atoms with Gasteiger partial charge in [0.05, 0.1) is 13.2 Å². The Morgan fingerprint density at radius 3 is 2.33 bits per heavy atom. The number of fused-ring (bicyclic) bond motifs is 1. The predicted molar refractivity (Wildman–Crippen MR) is 131 cm³/mol. The maximum Gasteiger partial charge on any atom is 0.410 e. The van der Waals surface area contributed by atoms with Crippen LogP contribution in [0.1, 0.15) is 34.6 Å². The number of hydrogen-bond donors (Lipinski definition) is 1. The van der Waals surface area contributed by atoms with Crippen LogP contribution >= 0.6 is 11.6 Å². The number of carbonyl (C=O) groups excluding carboxylic acids is 1. The summed E-state index contributed by atoms with van der Waals surface area (Å²) in [6.45, 7) is 2.03. The fraction of sp³-hybridized carbons (Fsp3) is 0.360. The summed E-state index contributed by atoms with van der Waals surface area (Å²) in [6, 6.07) is 14.1. The number of nitrogens with zero attached hydrogens (tertiary/aromatic N) is 4. The first-order valence-electron chi connectivity index (χ1n) is 11.6. The Kier molecular flexibility index (Phi) is 6.46. The Labute approximate surface area is 211 Å². The monoisotopic (exact) mass is 519 g/mol. The van der Waals surface area contributed by atoms with E-state index in [4.69, 9.17) is 16.3 Å². The second-order valence-corrected chi connectivity index (χ2v) is 9.21. The molecule has 5 rings (SSSR count). The standard InChI is InChI=1S/C25H25ClF3N5O2/c1-36-18-9-7-16(8-10-18)19-15-20(25(27,28)29)34-23(30-19)21(26)22(31-34)24(35)33-13-11-32(12-14-33)17-5-3-2-4-6-17/h2-10,19-20,30H,11-15H2,1H3/t19-,20+/m0/s1. The van der Waals surface area contributed by atoms with E-state index in [1.165, 1.54) is 7.11 Å². The van der Waals surface area contributed by atoms with Gasteiger partial charge < -0.3 is 19.9 Å². The zero-order valence-corrected chi connectivity index (χ0v) is 20.3. The average molecular weight is 520 g/mol. The molecule has 0 aliphatic carbocycles. The number of ether oxygens (including phenoxy) is 1. The summed E-state index contributed by atoms with van der Waals surface area (Å²) in [5.74, 6) is 0.126. The molecular weight excluding hydrogens is 495 g/mol. The highest BCUT2D eigenvalue weighted by Gasteiger charge is 2.48. The summed E-state index contributed by atoms with van der Waals surface area (Å²) in [7, 11) is 1.52. The minimum atomic E-state index is -4.57. The molecule has 0 radical (unpaired) electrons. The summed E-state index contributed by atoms with van der Waals surface area (Å²) in [5.41, 5.74) is 1.54. The van der Waals surface area contributed by atoms with Crippen molar-refractivity contribution in [1.29, 1.82) is 0 Å².